The van der Waals surface area contributed by atoms with Crippen LogP contribution in [-0.2, 0) is 0 Å². The molecule has 3 heterocycles. The molecular formula is C26H28FN9OS. The fourth-order valence-corrected chi connectivity index (χ4v) is 4.58. The fourth-order valence-electron chi connectivity index (χ4n) is 4.02. The molecule has 0 atom stereocenters. The number of anilines is 2. The Kier molecular flexibility index (Phi) is 7.88. The van der Waals surface area contributed by atoms with Crippen LogP contribution in [0.25, 0.3) is 16.9 Å². The molecule has 0 radical (unpaired) electrons. The van der Waals surface area contributed by atoms with Gasteiger partial charge in [-0.3, -0.25) is 4.98 Å². The van der Waals surface area contributed by atoms with Crippen molar-refractivity contribution in [1.29, 1.82) is 5.26 Å². The van der Waals surface area contributed by atoms with Crippen molar-refractivity contribution in [3.05, 3.63) is 60.3 Å². The lowest BCUT2D eigenvalue weighted by molar-refractivity contribution is 0.441. The Hall–Kier alpha value is -3.92. The molecule has 0 saturated carbocycles. The Labute approximate surface area is 224 Å². The number of rotatable bonds is 8. The first-order valence-electron chi connectivity index (χ1n) is 12.4. The van der Waals surface area contributed by atoms with E-state index in [0.29, 0.717) is 28.3 Å². The van der Waals surface area contributed by atoms with Gasteiger partial charge in [0.2, 0.25) is 0 Å². The van der Waals surface area contributed by atoms with Crippen LogP contribution in [-0.4, -0.2) is 63.8 Å². The second-order valence-electron chi connectivity index (χ2n) is 8.76. The van der Waals surface area contributed by atoms with Gasteiger partial charge in [0.25, 0.3) is 0 Å². The summed E-state index contributed by atoms with van der Waals surface area (Å²) in [5.41, 5.74) is 2.79. The van der Waals surface area contributed by atoms with Crippen molar-refractivity contribution in [2.45, 2.75) is 13.3 Å². The third kappa shape index (κ3) is 5.65. The average molecular weight is 534 g/mol. The van der Waals surface area contributed by atoms with Gasteiger partial charge in [-0.2, -0.15) is 10.4 Å². The Bertz CT molecular complexity index is 1460. The minimum absolute atomic E-state index is 0.0784. The Balaban J connectivity index is 1.40. The molecule has 12 heteroatoms. The third-order valence-corrected chi connectivity index (χ3v) is 7.09. The van der Waals surface area contributed by atoms with E-state index >= 15 is 0 Å². The zero-order chi connectivity index (χ0) is 26.5. The van der Waals surface area contributed by atoms with Crippen molar-refractivity contribution in [2.24, 2.45) is 0 Å². The smallest absolute Gasteiger partial charge is 0.182 e. The Morgan fingerprint density at radius 1 is 1.21 bits per heavy atom. The summed E-state index contributed by atoms with van der Waals surface area (Å²) in [6.45, 7) is 6.63. The molecule has 2 N–H and O–H groups in total. The van der Waals surface area contributed by atoms with Gasteiger partial charge in [0, 0.05) is 44.4 Å². The molecule has 196 valence electrons. The predicted octanol–water partition coefficient (Wildman–Crippen LogP) is 4.35. The number of benzene rings is 2. The number of hydrogen-bond donors (Lipinski definition) is 2. The molecule has 2 aromatic heterocycles. The summed E-state index contributed by atoms with van der Waals surface area (Å²) < 4.78 is 27.4. The average Bonchev–Trinajstić information content (AvgIpc) is 3.28. The molecule has 0 bridgehead atoms. The summed E-state index contributed by atoms with van der Waals surface area (Å²) in [4.78, 5) is 11.5. The Morgan fingerprint density at radius 3 is 2.95 bits per heavy atom. The largest absolute Gasteiger partial charge is 0.453 e. The van der Waals surface area contributed by atoms with Gasteiger partial charge in [-0.15, -0.1) is 0 Å². The lowest BCUT2D eigenvalue weighted by Gasteiger charge is -2.19. The normalized spacial score (nSPS) is 13.9. The standard InChI is InChI=1S/C26H28FN9OS/c1-3-34(2)38-33-22-8-6-21(27)26(20(22)14-28)37-19-5-7-23-24(13-19)32-25(16-30-23)36-17-18(15-31-36)35-11-4-9-29-10-12-35/h5-8,13,15-17,29,33H,3-4,9-12H2,1-2H3. The number of fused-ring (bicyclic) bond motifs is 1. The summed E-state index contributed by atoms with van der Waals surface area (Å²) in [6.07, 6.45) is 6.52. The molecule has 0 unspecified atom stereocenters. The van der Waals surface area contributed by atoms with E-state index < -0.39 is 5.82 Å². The van der Waals surface area contributed by atoms with Crippen molar-refractivity contribution < 1.29 is 9.13 Å². The lowest BCUT2D eigenvalue weighted by Crippen LogP contribution is -2.27. The van der Waals surface area contributed by atoms with E-state index in [-0.39, 0.29) is 11.3 Å². The van der Waals surface area contributed by atoms with Crippen LogP contribution in [0.1, 0.15) is 18.9 Å². The maximum Gasteiger partial charge on any atom is 0.182 e. The first-order chi connectivity index (χ1) is 18.6. The topological polar surface area (TPSA) is 107 Å². The first kappa shape index (κ1) is 25.7. The highest BCUT2D eigenvalue weighted by Gasteiger charge is 2.18. The summed E-state index contributed by atoms with van der Waals surface area (Å²) in [7, 11) is 1.91. The van der Waals surface area contributed by atoms with Gasteiger partial charge in [0.05, 0.1) is 41.0 Å². The molecule has 1 aliphatic heterocycles. The van der Waals surface area contributed by atoms with E-state index in [1.165, 1.54) is 24.3 Å². The van der Waals surface area contributed by atoms with Gasteiger partial charge in [-0.1, -0.05) is 6.92 Å². The van der Waals surface area contributed by atoms with E-state index in [1.54, 1.807) is 29.1 Å². The summed E-state index contributed by atoms with van der Waals surface area (Å²) in [5.74, 6) is 0.118. The van der Waals surface area contributed by atoms with Crippen LogP contribution in [0.3, 0.4) is 0 Å². The summed E-state index contributed by atoms with van der Waals surface area (Å²) in [5, 5.41) is 17.7. The van der Waals surface area contributed by atoms with Gasteiger partial charge < -0.3 is 19.7 Å². The van der Waals surface area contributed by atoms with E-state index in [2.05, 4.69) is 31.1 Å². The zero-order valence-corrected chi connectivity index (χ0v) is 22.0. The SMILES string of the molecule is CCN(C)SNc1ccc(F)c(Oc2ccc3ncc(-n4cc(N5CCCNCC5)cn4)nc3c2)c1C#N. The second kappa shape index (κ2) is 11.6. The molecule has 0 amide bonds. The monoisotopic (exact) mass is 533 g/mol. The molecule has 38 heavy (non-hydrogen) atoms. The molecule has 1 aliphatic rings. The van der Waals surface area contributed by atoms with E-state index in [0.717, 1.165) is 44.8 Å². The molecule has 10 nitrogen and oxygen atoms in total. The molecule has 5 rings (SSSR count). The molecule has 4 aromatic rings. The van der Waals surface area contributed by atoms with Crippen molar-refractivity contribution in [3.8, 4) is 23.4 Å². The van der Waals surface area contributed by atoms with Crippen LogP contribution < -0.4 is 19.7 Å². The number of nitrogens with zero attached hydrogens (tertiary/aromatic N) is 7. The maximum absolute atomic E-state index is 14.8. The van der Waals surface area contributed by atoms with Crippen molar-refractivity contribution >= 4 is 34.5 Å². The number of aromatic nitrogens is 4. The number of ether oxygens (including phenoxy) is 1. The molecular weight excluding hydrogens is 505 g/mol. The minimum atomic E-state index is -0.631. The van der Waals surface area contributed by atoms with Crippen LogP contribution in [0.4, 0.5) is 15.8 Å². The van der Waals surface area contributed by atoms with Gasteiger partial charge in [0.1, 0.15) is 17.4 Å². The van der Waals surface area contributed by atoms with Crippen LogP contribution in [0.2, 0.25) is 0 Å². The molecule has 0 aliphatic carbocycles. The van der Waals surface area contributed by atoms with Gasteiger partial charge in [-0.05, 0) is 44.3 Å². The fraction of sp³-hybridized carbons (Fsp3) is 0.308. The van der Waals surface area contributed by atoms with Crippen LogP contribution in [0.5, 0.6) is 11.5 Å². The first-order valence-corrected chi connectivity index (χ1v) is 13.1. The molecule has 0 spiro atoms. The molecule has 1 saturated heterocycles. The highest BCUT2D eigenvalue weighted by atomic mass is 32.2. The van der Waals surface area contributed by atoms with Gasteiger partial charge >= 0.3 is 0 Å². The van der Waals surface area contributed by atoms with Gasteiger partial charge in [-0.25, -0.2) is 18.4 Å². The van der Waals surface area contributed by atoms with E-state index in [1.807, 2.05) is 30.7 Å². The summed E-state index contributed by atoms with van der Waals surface area (Å²) in [6, 6.07) is 9.97. The van der Waals surface area contributed by atoms with Crippen LogP contribution in [0.15, 0.2) is 48.9 Å². The number of nitrogens with one attached hydrogen (secondary N) is 2. The highest BCUT2D eigenvalue weighted by molar-refractivity contribution is 7.98. The minimum Gasteiger partial charge on any atom is -0.453 e. The number of nitriles is 1. The van der Waals surface area contributed by atoms with Crippen LogP contribution in [0, 0.1) is 17.1 Å². The van der Waals surface area contributed by atoms with E-state index in [4.69, 9.17) is 9.72 Å². The lowest BCUT2D eigenvalue weighted by atomic mass is 10.1. The second-order valence-corrected chi connectivity index (χ2v) is 9.77. The quantitative estimate of drug-likeness (QED) is 0.318. The molecule has 2 aromatic carbocycles. The maximum atomic E-state index is 14.8. The van der Waals surface area contributed by atoms with Crippen molar-refractivity contribution in [3.63, 3.8) is 0 Å². The molecule has 1 fully saturated rings. The van der Waals surface area contributed by atoms with Gasteiger partial charge in [0.15, 0.2) is 17.4 Å². The third-order valence-electron chi connectivity index (χ3n) is 6.21. The highest BCUT2D eigenvalue weighted by Crippen LogP contribution is 2.35. The van der Waals surface area contributed by atoms with E-state index in [9.17, 15) is 9.65 Å². The van der Waals surface area contributed by atoms with Crippen LogP contribution >= 0.6 is 12.1 Å². The Morgan fingerprint density at radius 2 is 2.11 bits per heavy atom. The van der Waals surface area contributed by atoms with Crippen molar-refractivity contribution in [1.82, 2.24) is 29.4 Å². The number of halogens is 1. The summed E-state index contributed by atoms with van der Waals surface area (Å²) >= 11 is 1.31. The zero-order valence-electron chi connectivity index (χ0n) is 21.2. The number of hydrogen-bond acceptors (Lipinski definition) is 10. The van der Waals surface area contributed by atoms with Crippen molar-refractivity contribution in [2.75, 3.05) is 49.4 Å². The predicted molar refractivity (Wildman–Crippen MR) is 147 cm³/mol.